The Labute approximate surface area is 180 Å². The minimum Gasteiger partial charge on any atom is -0.350 e. The smallest absolute Gasteiger partial charge is 0.243 e. The third-order valence-electron chi connectivity index (χ3n) is 5.21. The molecule has 0 aromatic heterocycles. The van der Waals surface area contributed by atoms with E-state index in [0.29, 0.717) is 25.3 Å². The van der Waals surface area contributed by atoms with Gasteiger partial charge in [-0.05, 0) is 36.6 Å². The predicted molar refractivity (Wildman–Crippen MR) is 116 cm³/mol. The summed E-state index contributed by atoms with van der Waals surface area (Å²) in [6, 6.07) is 14.4. The van der Waals surface area contributed by atoms with Gasteiger partial charge in [-0.3, -0.25) is 9.59 Å². The first kappa shape index (κ1) is 20.9. The van der Waals surface area contributed by atoms with Gasteiger partial charge in [0.1, 0.15) is 6.54 Å². The van der Waals surface area contributed by atoms with Crippen molar-refractivity contribution in [2.45, 2.75) is 29.2 Å². The lowest BCUT2D eigenvalue weighted by molar-refractivity contribution is -0.123. The molecule has 2 aliphatic heterocycles. The molecule has 2 heterocycles. The van der Waals surface area contributed by atoms with E-state index in [1.165, 1.54) is 27.0 Å². The number of nitrogens with one attached hydrogen (secondary N) is 1. The zero-order chi connectivity index (χ0) is 21.1. The fourth-order valence-electron chi connectivity index (χ4n) is 3.59. The Morgan fingerprint density at radius 2 is 1.80 bits per heavy atom. The van der Waals surface area contributed by atoms with E-state index in [0.717, 1.165) is 23.3 Å². The summed E-state index contributed by atoms with van der Waals surface area (Å²) in [4.78, 5) is 27.4. The van der Waals surface area contributed by atoms with Crippen LogP contribution in [0.1, 0.15) is 18.4 Å². The molecule has 0 spiro atoms. The number of carbonyl (C=O) groups is 2. The van der Waals surface area contributed by atoms with E-state index in [9.17, 15) is 18.0 Å². The SMILES string of the molecule is O=C(CN1C(=O)CSc2ccc(S(=O)(=O)N3CCCC3)cc21)NCc1ccccc1. The van der Waals surface area contributed by atoms with Crippen LogP contribution in [0.5, 0.6) is 0 Å². The predicted octanol–water partition coefficient (Wildman–Crippen LogP) is 2.23. The van der Waals surface area contributed by atoms with Gasteiger partial charge < -0.3 is 10.2 Å². The quantitative estimate of drug-likeness (QED) is 0.737. The molecular weight excluding hydrogens is 422 g/mol. The number of amides is 2. The molecule has 1 saturated heterocycles. The number of carbonyl (C=O) groups excluding carboxylic acids is 2. The Hall–Kier alpha value is -2.36. The molecule has 0 atom stereocenters. The summed E-state index contributed by atoms with van der Waals surface area (Å²) in [7, 11) is -3.60. The van der Waals surface area contributed by atoms with Crippen LogP contribution in [0.15, 0.2) is 58.3 Å². The van der Waals surface area contributed by atoms with Crippen molar-refractivity contribution in [1.29, 1.82) is 0 Å². The van der Waals surface area contributed by atoms with E-state index >= 15 is 0 Å². The second-order valence-electron chi connectivity index (χ2n) is 7.27. The second kappa shape index (κ2) is 8.79. The average Bonchev–Trinajstić information content (AvgIpc) is 3.30. The first-order valence-corrected chi connectivity index (χ1v) is 12.3. The summed E-state index contributed by atoms with van der Waals surface area (Å²) >= 11 is 1.36. The normalized spacial score (nSPS) is 17.1. The van der Waals surface area contributed by atoms with Crippen LogP contribution in [0.2, 0.25) is 0 Å². The van der Waals surface area contributed by atoms with Crippen LogP contribution in [0, 0.1) is 0 Å². The molecule has 2 amide bonds. The summed E-state index contributed by atoms with van der Waals surface area (Å²) in [6.45, 7) is 1.25. The maximum Gasteiger partial charge on any atom is 0.243 e. The van der Waals surface area contributed by atoms with Gasteiger partial charge in [0, 0.05) is 24.5 Å². The van der Waals surface area contributed by atoms with Gasteiger partial charge in [0.2, 0.25) is 21.8 Å². The van der Waals surface area contributed by atoms with E-state index in [1.54, 1.807) is 12.1 Å². The number of rotatable bonds is 6. The number of benzene rings is 2. The third-order valence-corrected chi connectivity index (χ3v) is 8.15. The monoisotopic (exact) mass is 445 g/mol. The molecule has 0 saturated carbocycles. The van der Waals surface area contributed by atoms with Crippen molar-refractivity contribution in [3.63, 3.8) is 0 Å². The first-order chi connectivity index (χ1) is 14.4. The van der Waals surface area contributed by atoms with Crippen LogP contribution in [-0.4, -0.2) is 49.9 Å². The van der Waals surface area contributed by atoms with Crippen molar-refractivity contribution in [3.8, 4) is 0 Å². The number of nitrogens with zero attached hydrogens (tertiary/aromatic N) is 2. The second-order valence-corrected chi connectivity index (χ2v) is 10.2. The van der Waals surface area contributed by atoms with Crippen molar-refractivity contribution < 1.29 is 18.0 Å². The van der Waals surface area contributed by atoms with Gasteiger partial charge >= 0.3 is 0 Å². The van der Waals surface area contributed by atoms with E-state index in [-0.39, 0.29) is 29.0 Å². The number of hydrogen-bond acceptors (Lipinski definition) is 5. The maximum atomic E-state index is 12.9. The molecule has 2 aromatic rings. The molecule has 1 fully saturated rings. The molecular formula is C21H23N3O4S2. The van der Waals surface area contributed by atoms with E-state index in [1.807, 2.05) is 30.3 Å². The Balaban J connectivity index is 1.53. The van der Waals surface area contributed by atoms with Crippen LogP contribution in [0.3, 0.4) is 0 Å². The molecule has 2 aliphatic rings. The highest BCUT2D eigenvalue weighted by Crippen LogP contribution is 2.37. The molecule has 0 unspecified atom stereocenters. The Bertz CT molecular complexity index is 1050. The largest absolute Gasteiger partial charge is 0.350 e. The van der Waals surface area contributed by atoms with E-state index < -0.39 is 10.0 Å². The van der Waals surface area contributed by atoms with Crippen molar-refractivity contribution in [2.24, 2.45) is 0 Å². The van der Waals surface area contributed by atoms with Gasteiger partial charge in [-0.2, -0.15) is 4.31 Å². The van der Waals surface area contributed by atoms with Gasteiger partial charge in [0.25, 0.3) is 0 Å². The average molecular weight is 446 g/mol. The summed E-state index contributed by atoms with van der Waals surface area (Å²) in [6.07, 6.45) is 1.71. The van der Waals surface area contributed by atoms with Crippen molar-refractivity contribution in [2.75, 3.05) is 30.3 Å². The number of thioether (sulfide) groups is 1. The maximum absolute atomic E-state index is 12.9. The van der Waals surface area contributed by atoms with Crippen molar-refractivity contribution >= 4 is 39.3 Å². The van der Waals surface area contributed by atoms with E-state index in [2.05, 4.69) is 5.32 Å². The Kier molecular flexibility index (Phi) is 6.12. The minimum absolute atomic E-state index is 0.146. The molecule has 9 heteroatoms. The third kappa shape index (κ3) is 4.38. The van der Waals surface area contributed by atoms with Crippen LogP contribution in [0.4, 0.5) is 5.69 Å². The molecule has 30 heavy (non-hydrogen) atoms. The van der Waals surface area contributed by atoms with Crippen molar-refractivity contribution in [1.82, 2.24) is 9.62 Å². The van der Waals surface area contributed by atoms with Crippen LogP contribution in [-0.2, 0) is 26.2 Å². The number of hydrogen-bond donors (Lipinski definition) is 1. The lowest BCUT2D eigenvalue weighted by atomic mass is 10.2. The Morgan fingerprint density at radius 3 is 2.53 bits per heavy atom. The molecule has 1 N–H and O–H groups in total. The van der Waals surface area contributed by atoms with Crippen LogP contribution < -0.4 is 10.2 Å². The van der Waals surface area contributed by atoms with Crippen LogP contribution >= 0.6 is 11.8 Å². The van der Waals surface area contributed by atoms with Crippen molar-refractivity contribution in [3.05, 3.63) is 54.1 Å². The number of sulfonamides is 1. The summed E-state index contributed by atoms with van der Waals surface area (Å²) in [5.41, 5.74) is 1.44. The number of fused-ring (bicyclic) bond motifs is 1. The zero-order valence-electron chi connectivity index (χ0n) is 16.4. The minimum atomic E-state index is -3.60. The molecule has 0 radical (unpaired) electrons. The highest BCUT2D eigenvalue weighted by molar-refractivity contribution is 8.00. The van der Waals surface area contributed by atoms with Gasteiger partial charge in [-0.25, -0.2) is 8.42 Å². The summed E-state index contributed by atoms with van der Waals surface area (Å²) in [5.74, 6) is -0.284. The molecule has 7 nitrogen and oxygen atoms in total. The fraction of sp³-hybridized carbons (Fsp3) is 0.333. The van der Waals surface area contributed by atoms with Gasteiger partial charge in [-0.1, -0.05) is 30.3 Å². The van der Waals surface area contributed by atoms with Crippen LogP contribution in [0.25, 0.3) is 0 Å². The number of anilines is 1. The van der Waals surface area contributed by atoms with Gasteiger partial charge in [0.15, 0.2) is 0 Å². The molecule has 0 bridgehead atoms. The summed E-state index contributed by atoms with van der Waals surface area (Å²) < 4.78 is 27.3. The van der Waals surface area contributed by atoms with Gasteiger partial charge in [-0.15, -0.1) is 11.8 Å². The highest BCUT2D eigenvalue weighted by Gasteiger charge is 2.31. The molecule has 0 aliphatic carbocycles. The summed E-state index contributed by atoms with van der Waals surface area (Å²) in [5, 5.41) is 2.82. The Morgan fingerprint density at radius 1 is 1.07 bits per heavy atom. The molecule has 4 rings (SSSR count). The molecule has 2 aromatic carbocycles. The van der Waals surface area contributed by atoms with E-state index in [4.69, 9.17) is 0 Å². The lowest BCUT2D eigenvalue weighted by Crippen LogP contribution is -2.43. The highest BCUT2D eigenvalue weighted by atomic mass is 32.2. The van der Waals surface area contributed by atoms with Gasteiger partial charge in [0.05, 0.1) is 16.3 Å². The fourth-order valence-corrected chi connectivity index (χ4v) is 6.04. The topological polar surface area (TPSA) is 86.8 Å². The first-order valence-electron chi connectivity index (χ1n) is 9.83. The molecule has 158 valence electrons. The standard InChI is InChI=1S/C21H23N3O4S2/c25-20(22-13-16-6-2-1-3-7-16)14-24-18-12-17(8-9-19(18)29-15-21(24)26)30(27,28)23-10-4-5-11-23/h1-3,6-9,12H,4-5,10-11,13-15H2,(H,22,25). The lowest BCUT2D eigenvalue weighted by Gasteiger charge is -2.29. The zero-order valence-corrected chi connectivity index (χ0v) is 18.0.